The number of alkyl halides is 3. The molecule has 2 saturated heterocycles. The quantitative estimate of drug-likeness (QED) is 0.504. The Balaban J connectivity index is 1.21. The molecule has 2 aliphatic heterocycles. The molecule has 4 heterocycles. The molecule has 2 fully saturated rings. The minimum atomic E-state index is -4.49. The van der Waals surface area contributed by atoms with Crippen molar-refractivity contribution in [3.05, 3.63) is 53.7 Å². The average Bonchev–Trinajstić information content (AvgIpc) is 3.17. The Morgan fingerprint density at radius 2 is 1.94 bits per heavy atom. The highest BCUT2D eigenvalue weighted by atomic mass is 19.4. The number of benzene rings is 1. The number of methoxy groups -OCH3 is 1. The maximum atomic E-state index is 13.3. The van der Waals surface area contributed by atoms with Crippen LogP contribution >= 0.6 is 0 Å². The molecule has 0 N–H and O–H groups in total. The molecule has 0 aliphatic carbocycles. The molecule has 1 atom stereocenters. The molecule has 11 heteroatoms. The number of rotatable bonds is 6. The van der Waals surface area contributed by atoms with E-state index in [0.29, 0.717) is 12.4 Å². The molecule has 0 spiro atoms. The number of anilines is 2. The maximum absolute atomic E-state index is 13.3. The highest BCUT2D eigenvalue weighted by Gasteiger charge is 2.38. The molecule has 1 aromatic carbocycles. The minimum Gasteiger partial charge on any atom is -0.481 e. The van der Waals surface area contributed by atoms with Crippen LogP contribution in [0.5, 0.6) is 5.88 Å². The molecule has 1 amide bonds. The summed E-state index contributed by atoms with van der Waals surface area (Å²) in [5, 5.41) is 0. The van der Waals surface area contributed by atoms with Gasteiger partial charge in [0.25, 0.3) is 0 Å². The highest BCUT2D eigenvalue weighted by molar-refractivity contribution is 5.90. The van der Waals surface area contributed by atoms with Crippen LogP contribution in [0.2, 0.25) is 0 Å². The van der Waals surface area contributed by atoms with E-state index in [1.165, 1.54) is 24.0 Å². The van der Waals surface area contributed by atoms with Crippen LogP contribution in [0.4, 0.5) is 29.3 Å². The maximum Gasteiger partial charge on any atom is 0.416 e. The van der Waals surface area contributed by atoms with Gasteiger partial charge in [-0.25, -0.2) is 9.78 Å². The largest absolute Gasteiger partial charge is 0.481 e. The third-order valence-electron chi connectivity index (χ3n) is 6.78. The van der Waals surface area contributed by atoms with Gasteiger partial charge in [0.15, 0.2) is 0 Å². The molecule has 190 valence electrons. The first kappa shape index (κ1) is 24.1. The van der Waals surface area contributed by atoms with E-state index >= 15 is 0 Å². The number of ether oxygens (including phenoxy) is 2. The minimum absolute atomic E-state index is 0.111. The van der Waals surface area contributed by atoms with Gasteiger partial charge in [-0.1, -0.05) is 6.07 Å². The van der Waals surface area contributed by atoms with Crippen molar-refractivity contribution in [2.75, 3.05) is 50.1 Å². The molecule has 36 heavy (non-hydrogen) atoms. The average molecular weight is 502 g/mol. The molecule has 1 unspecified atom stereocenters. The lowest BCUT2D eigenvalue weighted by atomic mass is 10.1. The second-order valence-corrected chi connectivity index (χ2v) is 9.16. The van der Waals surface area contributed by atoms with Gasteiger partial charge in [-0.05, 0) is 43.8 Å². The Labute approximate surface area is 206 Å². The van der Waals surface area contributed by atoms with E-state index in [1.54, 1.807) is 19.4 Å². The Hall–Kier alpha value is -3.60. The predicted molar refractivity (Wildman–Crippen MR) is 129 cm³/mol. The van der Waals surface area contributed by atoms with Crippen molar-refractivity contribution >= 4 is 28.5 Å². The van der Waals surface area contributed by atoms with Gasteiger partial charge in [0.2, 0.25) is 5.88 Å². The lowest BCUT2D eigenvalue weighted by Gasteiger charge is -2.45. The first-order chi connectivity index (χ1) is 17.1. The summed E-state index contributed by atoms with van der Waals surface area (Å²) in [6, 6.07) is 9.71. The van der Waals surface area contributed by atoms with Gasteiger partial charge in [0, 0.05) is 43.6 Å². The molecule has 2 aromatic heterocycles. The molecule has 3 aromatic rings. The third-order valence-corrected chi connectivity index (χ3v) is 6.78. The van der Waals surface area contributed by atoms with Gasteiger partial charge in [-0.3, -0.25) is 14.8 Å². The molecule has 0 saturated carbocycles. The van der Waals surface area contributed by atoms with E-state index in [2.05, 4.69) is 19.8 Å². The molecule has 5 rings (SSSR count). The topological polar surface area (TPSA) is 71.0 Å². The zero-order valence-electron chi connectivity index (χ0n) is 20.1. The molecular weight excluding hydrogens is 475 g/mol. The van der Waals surface area contributed by atoms with Crippen molar-refractivity contribution < 1.29 is 27.4 Å². The smallest absolute Gasteiger partial charge is 0.416 e. The number of hydrogen-bond acceptors (Lipinski definition) is 7. The number of hydrogen-bond donors (Lipinski definition) is 0. The number of aryl methyl sites for hydroxylation is 1. The van der Waals surface area contributed by atoms with Crippen LogP contribution in [0.15, 0.2) is 42.6 Å². The number of likely N-dealkylation sites (N-methyl/N-ethyl adjacent to an activating group) is 1. The molecular formula is C25H26F3N5O3. The van der Waals surface area contributed by atoms with Gasteiger partial charge < -0.3 is 14.4 Å². The van der Waals surface area contributed by atoms with E-state index in [4.69, 9.17) is 9.47 Å². The van der Waals surface area contributed by atoms with Crippen LogP contribution in [-0.2, 0) is 10.9 Å². The summed E-state index contributed by atoms with van der Waals surface area (Å²) in [5.74, 6) is 0.523. The summed E-state index contributed by atoms with van der Waals surface area (Å²) >= 11 is 0. The Bertz CT molecular complexity index is 1300. The second-order valence-electron chi connectivity index (χ2n) is 9.16. The normalized spacial score (nSPS) is 18.6. The standard InChI is InChI=1S/C25H26F3N5O3/c1-15-4-5-16(10-19(15)25(26,27)28)33-14-18(36-24(33)34)13-31(2)17-11-32(12-17)21-8-9-29-20-6-7-22(35-3)30-23(20)21/h4-10,17-18H,11-14H2,1-3H3. The van der Waals surface area contributed by atoms with Crippen molar-refractivity contribution in [1.82, 2.24) is 14.9 Å². The van der Waals surface area contributed by atoms with Crippen molar-refractivity contribution in [3.63, 3.8) is 0 Å². The molecule has 0 bridgehead atoms. The molecule has 2 aliphatic rings. The zero-order valence-corrected chi connectivity index (χ0v) is 20.1. The SMILES string of the molecule is COc1ccc2nccc(N3CC(N(C)CC4CN(c5ccc(C)c(C(F)(F)F)c5)C(=O)O4)C3)c2n1. The number of aromatic nitrogens is 2. The fourth-order valence-electron chi connectivity index (χ4n) is 4.67. The van der Waals surface area contributed by atoms with Gasteiger partial charge >= 0.3 is 12.3 Å². The molecule has 8 nitrogen and oxygen atoms in total. The summed E-state index contributed by atoms with van der Waals surface area (Å²) in [6.45, 7) is 3.58. The van der Waals surface area contributed by atoms with Crippen molar-refractivity contribution in [2.24, 2.45) is 0 Å². The fourth-order valence-corrected chi connectivity index (χ4v) is 4.67. The second kappa shape index (κ2) is 9.12. The summed E-state index contributed by atoms with van der Waals surface area (Å²) in [6.07, 6.45) is -3.81. The summed E-state index contributed by atoms with van der Waals surface area (Å²) in [4.78, 5) is 27.0. The number of halogens is 3. The summed E-state index contributed by atoms with van der Waals surface area (Å²) < 4.78 is 50.7. The lowest BCUT2D eigenvalue weighted by Crippen LogP contribution is -2.59. The van der Waals surface area contributed by atoms with Crippen molar-refractivity contribution in [3.8, 4) is 5.88 Å². The van der Waals surface area contributed by atoms with Crippen molar-refractivity contribution in [2.45, 2.75) is 25.2 Å². The summed E-state index contributed by atoms with van der Waals surface area (Å²) in [7, 11) is 3.53. The summed E-state index contributed by atoms with van der Waals surface area (Å²) in [5.41, 5.74) is 2.08. The number of cyclic esters (lactones) is 1. The first-order valence-electron chi connectivity index (χ1n) is 11.5. The predicted octanol–water partition coefficient (Wildman–Crippen LogP) is 4.11. The fraction of sp³-hybridized carbons (Fsp3) is 0.400. The Morgan fingerprint density at radius 3 is 2.67 bits per heavy atom. The number of carbonyl (C=O) groups excluding carboxylic acids is 1. The van der Waals surface area contributed by atoms with Gasteiger partial charge in [0.05, 0.1) is 30.4 Å². The van der Waals surface area contributed by atoms with Crippen LogP contribution in [0, 0.1) is 6.92 Å². The number of amides is 1. The van der Waals surface area contributed by atoms with E-state index in [0.717, 1.165) is 35.9 Å². The van der Waals surface area contributed by atoms with Gasteiger partial charge in [-0.2, -0.15) is 13.2 Å². The number of nitrogens with zero attached hydrogens (tertiary/aromatic N) is 5. The van der Waals surface area contributed by atoms with Gasteiger partial charge in [0.1, 0.15) is 11.6 Å². The van der Waals surface area contributed by atoms with E-state index < -0.39 is 23.9 Å². The lowest BCUT2D eigenvalue weighted by molar-refractivity contribution is -0.138. The molecule has 0 radical (unpaired) electrons. The van der Waals surface area contributed by atoms with Gasteiger partial charge in [-0.15, -0.1) is 0 Å². The van der Waals surface area contributed by atoms with Crippen LogP contribution in [0.1, 0.15) is 11.1 Å². The number of pyridine rings is 2. The van der Waals surface area contributed by atoms with Crippen LogP contribution in [0.3, 0.4) is 0 Å². The monoisotopic (exact) mass is 501 g/mol. The Kier molecular flexibility index (Phi) is 6.11. The highest BCUT2D eigenvalue weighted by Crippen LogP contribution is 2.35. The van der Waals surface area contributed by atoms with Crippen LogP contribution in [0.25, 0.3) is 11.0 Å². The zero-order chi connectivity index (χ0) is 25.6. The van der Waals surface area contributed by atoms with Crippen LogP contribution < -0.4 is 14.5 Å². The van der Waals surface area contributed by atoms with Crippen LogP contribution in [-0.4, -0.2) is 73.4 Å². The number of fused-ring (bicyclic) bond motifs is 1. The third kappa shape index (κ3) is 4.50. The van der Waals surface area contributed by atoms with E-state index in [-0.39, 0.29) is 23.8 Å². The van der Waals surface area contributed by atoms with Crippen molar-refractivity contribution in [1.29, 1.82) is 0 Å². The Morgan fingerprint density at radius 1 is 1.17 bits per heavy atom. The first-order valence-corrected chi connectivity index (χ1v) is 11.5. The van der Waals surface area contributed by atoms with E-state index in [1.807, 2.05) is 19.2 Å². The van der Waals surface area contributed by atoms with E-state index in [9.17, 15) is 18.0 Å². The number of carbonyl (C=O) groups is 1.